The number of phenolic OH excluding ortho intramolecular Hbond substituents is 1. The first-order chi connectivity index (χ1) is 12.3. The number of aromatic hydroxyl groups is 1. The quantitative estimate of drug-likeness (QED) is 0.720. The third-order valence-corrected chi connectivity index (χ3v) is 4.92. The minimum atomic E-state index is 0.224. The third-order valence-electron chi connectivity index (χ3n) is 4.92. The van der Waals surface area contributed by atoms with Gasteiger partial charge in [-0.05, 0) is 41.7 Å². The summed E-state index contributed by atoms with van der Waals surface area (Å²) in [6.45, 7) is 0. The summed E-state index contributed by atoms with van der Waals surface area (Å²) < 4.78 is 0. The summed E-state index contributed by atoms with van der Waals surface area (Å²) in [5.74, 6) is 0.702. The van der Waals surface area contributed by atoms with Gasteiger partial charge in [0.15, 0.2) is 0 Å². The molecule has 2 heteroatoms. The largest absolute Gasteiger partial charge is 0.508 e. The van der Waals surface area contributed by atoms with E-state index in [0.717, 1.165) is 12.8 Å². The first-order valence-electron chi connectivity index (χ1n) is 8.74. The van der Waals surface area contributed by atoms with E-state index >= 15 is 0 Å². The van der Waals surface area contributed by atoms with Crippen LogP contribution in [0.15, 0.2) is 89.9 Å². The monoisotopic (exact) mass is 327 g/mol. The zero-order valence-electron chi connectivity index (χ0n) is 14.0. The molecule has 0 spiro atoms. The zero-order valence-corrected chi connectivity index (χ0v) is 14.0. The van der Waals surface area contributed by atoms with Crippen molar-refractivity contribution in [1.29, 1.82) is 0 Å². The molecule has 3 aromatic rings. The number of hydrogen-bond acceptors (Lipinski definition) is 2. The Hall–Kier alpha value is -2.87. The van der Waals surface area contributed by atoms with Crippen LogP contribution in [0.1, 0.15) is 29.0 Å². The van der Waals surface area contributed by atoms with Gasteiger partial charge in [-0.3, -0.25) is 4.99 Å². The minimum absolute atomic E-state index is 0.224. The van der Waals surface area contributed by atoms with E-state index in [1.807, 2.05) is 18.2 Å². The Morgan fingerprint density at radius 1 is 0.800 bits per heavy atom. The lowest BCUT2D eigenvalue weighted by molar-refractivity contribution is 0.475. The van der Waals surface area contributed by atoms with Gasteiger partial charge in [0.1, 0.15) is 5.75 Å². The average Bonchev–Trinajstić information content (AvgIpc) is 3.09. The summed E-state index contributed by atoms with van der Waals surface area (Å²) in [6.07, 6.45) is 1.85. The van der Waals surface area contributed by atoms with Crippen molar-refractivity contribution in [2.24, 2.45) is 4.99 Å². The lowest BCUT2D eigenvalue weighted by atomic mass is 9.86. The predicted molar refractivity (Wildman–Crippen MR) is 102 cm³/mol. The number of aliphatic imine (C=N–C) groups is 1. The molecule has 124 valence electrons. The fourth-order valence-corrected chi connectivity index (χ4v) is 3.61. The predicted octanol–water partition coefficient (Wildman–Crippen LogP) is 4.98. The van der Waals surface area contributed by atoms with Gasteiger partial charge in [-0.15, -0.1) is 0 Å². The summed E-state index contributed by atoms with van der Waals surface area (Å²) in [5, 5.41) is 9.51. The molecule has 3 aromatic carbocycles. The standard InChI is InChI=1S/C23H21NO/c25-20-13-11-17(12-14-20)15-23-21(18-7-3-1-4-8-18)16-22(24-23)19-9-5-2-6-10-19/h1-14,21,23,25H,15-16H2. The maximum absolute atomic E-state index is 9.51. The van der Waals surface area contributed by atoms with E-state index in [4.69, 9.17) is 4.99 Å². The van der Waals surface area contributed by atoms with Crippen LogP contribution in [0.4, 0.5) is 0 Å². The molecule has 0 aromatic heterocycles. The second-order valence-corrected chi connectivity index (χ2v) is 6.60. The second-order valence-electron chi connectivity index (χ2n) is 6.60. The molecule has 4 rings (SSSR count). The van der Waals surface area contributed by atoms with Crippen LogP contribution >= 0.6 is 0 Å². The Labute approximate surface area is 148 Å². The molecule has 1 aliphatic heterocycles. The van der Waals surface area contributed by atoms with Gasteiger partial charge in [-0.1, -0.05) is 72.8 Å². The molecule has 2 nitrogen and oxygen atoms in total. The van der Waals surface area contributed by atoms with Gasteiger partial charge in [-0.25, -0.2) is 0 Å². The molecule has 1 aliphatic rings. The first kappa shape index (κ1) is 15.6. The smallest absolute Gasteiger partial charge is 0.115 e. The van der Waals surface area contributed by atoms with Gasteiger partial charge in [0.2, 0.25) is 0 Å². The molecule has 0 radical (unpaired) electrons. The Morgan fingerprint density at radius 2 is 1.44 bits per heavy atom. The fourth-order valence-electron chi connectivity index (χ4n) is 3.61. The maximum Gasteiger partial charge on any atom is 0.115 e. The van der Waals surface area contributed by atoms with Crippen molar-refractivity contribution in [2.45, 2.75) is 24.8 Å². The summed E-state index contributed by atoms with van der Waals surface area (Å²) in [6, 6.07) is 28.9. The molecule has 1 heterocycles. The summed E-state index contributed by atoms with van der Waals surface area (Å²) in [7, 11) is 0. The van der Waals surface area contributed by atoms with E-state index in [0.29, 0.717) is 11.7 Å². The van der Waals surface area contributed by atoms with Crippen LogP contribution in [0.25, 0.3) is 0 Å². The van der Waals surface area contributed by atoms with Crippen molar-refractivity contribution in [1.82, 2.24) is 0 Å². The summed E-state index contributed by atoms with van der Waals surface area (Å²) >= 11 is 0. The van der Waals surface area contributed by atoms with Crippen LogP contribution in [-0.4, -0.2) is 16.9 Å². The maximum atomic E-state index is 9.51. The van der Waals surface area contributed by atoms with Crippen LogP contribution in [0, 0.1) is 0 Å². The highest BCUT2D eigenvalue weighted by molar-refractivity contribution is 6.02. The molecular formula is C23H21NO. The molecule has 1 N–H and O–H groups in total. The number of benzene rings is 3. The van der Waals surface area contributed by atoms with Crippen LogP contribution < -0.4 is 0 Å². The molecule has 2 unspecified atom stereocenters. The van der Waals surface area contributed by atoms with Crippen molar-refractivity contribution >= 4 is 5.71 Å². The highest BCUT2D eigenvalue weighted by Gasteiger charge is 2.31. The van der Waals surface area contributed by atoms with Gasteiger partial charge in [0.25, 0.3) is 0 Å². The highest BCUT2D eigenvalue weighted by atomic mass is 16.3. The topological polar surface area (TPSA) is 32.6 Å². The molecule has 0 saturated heterocycles. The molecule has 0 amide bonds. The van der Waals surface area contributed by atoms with E-state index < -0.39 is 0 Å². The fraction of sp³-hybridized carbons (Fsp3) is 0.174. The molecule has 0 aliphatic carbocycles. The van der Waals surface area contributed by atoms with Crippen LogP contribution in [0.5, 0.6) is 5.75 Å². The lowest BCUT2D eigenvalue weighted by Gasteiger charge is -2.18. The number of nitrogens with zero attached hydrogens (tertiary/aromatic N) is 1. The van der Waals surface area contributed by atoms with E-state index in [1.54, 1.807) is 12.1 Å². The molecule has 0 fully saturated rings. The molecule has 0 bridgehead atoms. The van der Waals surface area contributed by atoms with E-state index in [2.05, 4.69) is 54.6 Å². The number of hydrogen-bond donors (Lipinski definition) is 1. The molecule has 0 saturated carbocycles. The van der Waals surface area contributed by atoms with Crippen LogP contribution in [0.2, 0.25) is 0 Å². The van der Waals surface area contributed by atoms with E-state index in [-0.39, 0.29) is 6.04 Å². The van der Waals surface area contributed by atoms with Gasteiger partial charge in [0.05, 0.1) is 6.04 Å². The van der Waals surface area contributed by atoms with Gasteiger partial charge in [0, 0.05) is 11.6 Å². The van der Waals surface area contributed by atoms with E-state index in [9.17, 15) is 5.11 Å². The Kier molecular flexibility index (Phi) is 4.34. The summed E-state index contributed by atoms with van der Waals surface area (Å²) in [4.78, 5) is 5.09. The molecule has 25 heavy (non-hydrogen) atoms. The summed E-state index contributed by atoms with van der Waals surface area (Å²) in [5.41, 5.74) is 4.97. The Bertz CT molecular complexity index is 854. The van der Waals surface area contributed by atoms with Crippen LogP contribution in [0.3, 0.4) is 0 Å². The minimum Gasteiger partial charge on any atom is -0.508 e. The normalized spacial score (nSPS) is 19.6. The highest BCUT2D eigenvalue weighted by Crippen LogP contribution is 2.35. The molecule has 2 atom stereocenters. The average molecular weight is 327 g/mol. The van der Waals surface area contributed by atoms with Crippen molar-refractivity contribution in [3.05, 3.63) is 102 Å². The lowest BCUT2D eigenvalue weighted by Crippen LogP contribution is -2.15. The second kappa shape index (κ2) is 6.94. The van der Waals surface area contributed by atoms with Gasteiger partial charge < -0.3 is 5.11 Å². The van der Waals surface area contributed by atoms with Crippen LogP contribution in [-0.2, 0) is 6.42 Å². The van der Waals surface area contributed by atoms with Crippen molar-refractivity contribution < 1.29 is 5.11 Å². The Balaban J connectivity index is 1.65. The number of phenols is 1. The van der Waals surface area contributed by atoms with Gasteiger partial charge >= 0.3 is 0 Å². The van der Waals surface area contributed by atoms with Crippen molar-refractivity contribution in [3.8, 4) is 5.75 Å². The van der Waals surface area contributed by atoms with Crippen molar-refractivity contribution in [3.63, 3.8) is 0 Å². The van der Waals surface area contributed by atoms with E-state index in [1.165, 1.54) is 22.4 Å². The SMILES string of the molecule is Oc1ccc(CC2N=C(c3ccccc3)CC2c2ccccc2)cc1. The zero-order chi connectivity index (χ0) is 17.1. The third kappa shape index (κ3) is 3.48. The molecular weight excluding hydrogens is 306 g/mol. The van der Waals surface area contributed by atoms with Crippen molar-refractivity contribution in [2.75, 3.05) is 0 Å². The van der Waals surface area contributed by atoms with Gasteiger partial charge in [-0.2, -0.15) is 0 Å². The Morgan fingerprint density at radius 3 is 2.12 bits per heavy atom. The first-order valence-corrected chi connectivity index (χ1v) is 8.74. The number of rotatable bonds is 4.